The molecule has 1 aliphatic heterocycles. The van der Waals surface area contributed by atoms with Gasteiger partial charge in [-0.25, -0.2) is 4.39 Å². The number of rotatable bonds is 1. The van der Waals surface area contributed by atoms with Gasteiger partial charge < -0.3 is 4.74 Å². The van der Waals surface area contributed by atoms with Crippen LogP contribution in [0, 0.1) is 5.82 Å². The Hall–Kier alpha value is -2.00. The lowest BCUT2D eigenvalue weighted by atomic mass is 9.89. The van der Waals surface area contributed by atoms with Gasteiger partial charge in [-0.3, -0.25) is 4.79 Å². The third kappa shape index (κ3) is 1.92. The van der Waals surface area contributed by atoms with Crippen molar-refractivity contribution in [2.45, 2.75) is 31.0 Å². The van der Waals surface area contributed by atoms with Crippen LogP contribution in [0.25, 0.3) is 0 Å². The monoisotopic (exact) mass is 282 g/mol. The highest BCUT2D eigenvalue weighted by Gasteiger charge is 2.62. The van der Waals surface area contributed by atoms with Gasteiger partial charge in [0.1, 0.15) is 11.9 Å². The molecule has 0 aromatic heterocycles. The molecular weight excluding hydrogens is 267 g/mol. The van der Waals surface area contributed by atoms with Crippen LogP contribution in [0.5, 0.6) is 0 Å². The van der Waals surface area contributed by atoms with Crippen LogP contribution < -0.4 is 0 Å². The van der Waals surface area contributed by atoms with E-state index >= 15 is 0 Å². The summed E-state index contributed by atoms with van der Waals surface area (Å²) in [7, 11) is 0. The molecule has 1 spiro atoms. The molecule has 0 amide bonds. The van der Waals surface area contributed by atoms with Crippen molar-refractivity contribution in [2.24, 2.45) is 0 Å². The fraction of sp³-hybridized carbons (Fsp3) is 0.278. The molecule has 3 heteroatoms. The smallest absolute Gasteiger partial charge is 0.197 e. The van der Waals surface area contributed by atoms with Crippen LogP contribution in [-0.2, 0) is 11.2 Å². The summed E-state index contributed by atoms with van der Waals surface area (Å²) in [6.07, 6.45) is 2.32. The lowest BCUT2D eigenvalue weighted by Crippen LogP contribution is -2.24. The van der Waals surface area contributed by atoms with Crippen LogP contribution in [-0.4, -0.2) is 11.4 Å². The Morgan fingerprint density at radius 2 is 1.86 bits per heavy atom. The van der Waals surface area contributed by atoms with Crippen molar-refractivity contribution in [3.63, 3.8) is 0 Å². The molecule has 1 aliphatic carbocycles. The van der Waals surface area contributed by atoms with Crippen LogP contribution in [0.2, 0.25) is 0 Å². The van der Waals surface area contributed by atoms with E-state index in [9.17, 15) is 9.18 Å². The number of epoxide rings is 1. The van der Waals surface area contributed by atoms with Crippen LogP contribution in [0.3, 0.4) is 0 Å². The van der Waals surface area contributed by atoms with Crippen molar-refractivity contribution >= 4 is 5.78 Å². The van der Waals surface area contributed by atoms with Gasteiger partial charge in [-0.05, 0) is 42.5 Å². The Bertz CT molecular complexity index is 707. The fourth-order valence-corrected chi connectivity index (χ4v) is 3.36. The van der Waals surface area contributed by atoms with E-state index in [4.69, 9.17) is 4.74 Å². The number of fused-ring (bicyclic) bond motifs is 1. The number of hydrogen-bond acceptors (Lipinski definition) is 2. The van der Waals surface area contributed by atoms with Gasteiger partial charge in [0.05, 0.1) is 0 Å². The van der Waals surface area contributed by atoms with Gasteiger partial charge in [-0.2, -0.15) is 0 Å². The summed E-state index contributed by atoms with van der Waals surface area (Å²) >= 11 is 0. The number of aryl methyl sites for hydroxylation is 1. The van der Waals surface area contributed by atoms with Gasteiger partial charge in [0.15, 0.2) is 11.4 Å². The maximum absolute atomic E-state index is 13.0. The first-order chi connectivity index (χ1) is 10.2. The summed E-state index contributed by atoms with van der Waals surface area (Å²) in [4.78, 5) is 12.9. The van der Waals surface area contributed by atoms with Crippen molar-refractivity contribution in [1.29, 1.82) is 0 Å². The highest BCUT2D eigenvalue weighted by Crippen LogP contribution is 2.55. The molecule has 2 aromatic carbocycles. The molecule has 0 unspecified atom stereocenters. The molecule has 2 aromatic rings. The average Bonchev–Trinajstić information content (AvgIpc) is 3.25. The average molecular weight is 282 g/mol. The van der Waals surface area contributed by atoms with Crippen LogP contribution in [0.4, 0.5) is 4.39 Å². The number of Topliss-reactive ketones (excluding diaryl/α,β-unsaturated/α-hetero) is 1. The summed E-state index contributed by atoms with van der Waals surface area (Å²) in [6, 6.07) is 14.0. The predicted octanol–water partition coefficient (Wildman–Crippen LogP) is 3.86. The zero-order valence-electron chi connectivity index (χ0n) is 11.5. The van der Waals surface area contributed by atoms with E-state index < -0.39 is 5.60 Å². The van der Waals surface area contributed by atoms with Gasteiger partial charge in [0.2, 0.25) is 0 Å². The van der Waals surface area contributed by atoms with E-state index in [-0.39, 0.29) is 17.7 Å². The number of halogens is 1. The van der Waals surface area contributed by atoms with Crippen LogP contribution in [0.15, 0.2) is 48.5 Å². The summed E-state index contributed by atoms with van der Waals surface area (Å²) < 4.78 is 18.9. The maximum atomic E-state index is 13.0. The summed E-state index contributed by atoms with van der Waals surface area (Å²) in [5, 5.41) is 0. The summed E-state index contributed by atoms with van der Waals surface area (Å²) in [6.45, 7) is 0. The Morgan fingerprint density at radius 1 is 1.10 bits per heavy atom. The van der Waals surface area contributed by atoms with Crippen molar-refractivity contribution in [3.05, 3.63) is 71.0 Å². The quantitative estimate of drug-likeness (QED) is 0.743. The predicted molar refractivity (Wildman–Crippen MR) is 76.7 cm³/mol. The molecule has 0 N–H and O–H groups in total. The molecule has 2 nitrogen and oxygen atoms in total. The van der Waals surface area contributed by atoms with E-state index in [0.29, 0.717) is 0 Å². The number of benzene rings is 2. The standard InChI is InChI=1S/C18H15FO2/c19-14-9-7-13(8-10-14)17-18(21-17)11-3-5-12-4-1-2-6-15(12)16(18)20/h1-2,4,6-10,17H,3,5,11H2/t17-,18+/m0/s1. The molecule has 4 rings (SSSR count). The SMILES string of the molecule is O=C1c2ccccc2CCC[C@@]12O[C@H]2c1ccc(F)cc1. The highest BCUT2D eigenvalue weighted by molar-refractivity contribution is 6.06. The first-order valence-electron chi connectivity index (χ1n) is 7.27. The second kappa shape index (κ2) is 4.50. The van der Waals surface area contributed by atoms with E-state index in [1.165, 1.54) is 12.1 Å². The van der Waals surface area contributed by atoms with Crippen LogP contribution >= 0.6 is 0 Å². The van der Waals surface area contributed by atoms with Gasteiger partial charge in [-0.1, -0.05) is 36.4 Å². The molecule has 0 radical (unpaired) electrons. The molecule has 2 aliphatic rings. The minimum absolute atomic E-state index is 0.0740. The Balaban J connectivity index is 1.70. The fourth-order valence-electron chi connectivity index (χ4n) is 3.36. The Morgan fingerprint density at radius 3 is 2.67 bits per heavy atom. The first kappa shape index (κ1) is 12.7. The molecule has 21 heavy (non-hydrogen) atoms. The van der Waals surface area contributed by atoms with Gasteiger partial charge >= 0.3 is 0 Å². The van der Waals surface area contributed by atoms with E-state index in [0.717, 1.165) is 36.0 Å². The lowest BCUT2D eigenvalue weighted by Gasteiger charge is -2.09. The summed E-state index contributed by atoms with van der Waals surface area (Å²) in [5.74, 6) is -0.198. The highest BCUT2D eigenvalue weighted by atomic mass is 19.1. The molecule has 1 saturated heterocycles. The normalized spacial score (nSPS) is 27.3. The first-order valence-corrected chi connectivity index (χ1v) is 7.27. The number of hydrogen-bond donors (Lipinski definition) is 0. The minimum Gasteiger partial charge on any atom is -0.352 e. The molecule has 2 atom stereocenters. The Kier molecular flexibility index (Phi) is 2.73. The zero-order chi connectivity index (χ0) is 14.4. The topological polar surface area (TPSA) is 29.6 Å². The van der Waals surface area contributed by atoms with Gasteiger partial charge in [0.25, 0.3) is 0 Å². The van der Waals surface area contributed by atoms with Gasteiger partial charge in [-0.15, -0.1) is 0 Å². The Labute approximate surface area is 122 Å². The molecule has 0 bridgehead atoms. The van der Waals surface area contributed by atoms with E-state index in [2.05, 4.69) is 0 Å². The molecule has 1 heterocycles. The maximum Gasteiger partial charge on any atom is 0.197 e. The van der Waals surface area contributed by atoms with Crippen molar-refractivity contribution in [2.75, 3.05) is 0 Å². The van der Waals surface area contributed by atoms with E-state index in [1.54, 1.807) is 12.1 Å². The van der Waals surface area contributed by atoms with Crippen molar-refractivity contribution in [1.82, 2.24) is 0 Å². The van der Waals surface area contributed by atoms with Crippen molar-refractivity contribution < 1.29 is 13.9 Å². The molecular formula is C18H15FO2. The largest absolute Gasteiger partial charge is 0.352 e. The summed E-state index contributed by atoms with van der Waals surface area (Å²) in [5.41, 5.74) is 2.03. The third-order valence-corrected chi connectivity index (χ3v) is 4.51. The molecule has 1 fully saturated rings. The second-order valence-electron chi connectivity index (χ2n) is 5.78. The molecule has 106 valence electrons. The van der Waals surface area contributed by atoms with Crippen LogP contribution in [0.1, 0.15) is 40.4 Å². The minimum atomic E-state index is -0.732. The third-order valence-electron chi connectivity index (χ3n) is 4.51. The second-order valence-corrected chi connectivity index (χ2v) is 5.78. The number of ether oxygens (including phenoxy) is 1. The van der Waals surface area contributed by atoms with Crippen molar-refractivity contribution in [3.8, 4) is 0 Å². The lowest BCUT2D eigenvalue weighted by molar-refractivity contribution is 0.0867. The number of carbonyl (C=O) groups is 1. The van der Waals surface area contributed by atoms with E-state index in [1.807, 2.05) is 24.3 Å². The number of carbonyl (C=O) groups excluding carboxylic acids is 1. The zero-order valence-corrected chi connectivity index (χ0v) is 11.5. The molecule has 0 saturated carbocycles. The van der Waals surface area contributed by atoms with Gasteiger partial charge in [0, 0.05) is 5.56 Å². The number of ketones is 1.